The number of aliphatic hydroxyl groups is 1. The highest BCUT2D eigenvalue weighted by Gasteiger charge is 2.28. The van der Waals surface area contributed by atoms with E-state index in [1.54, 1.807) is 6.20 Å². The van der Waals surface area contributed by atoms with Crippen LogP contribution in [0.2, 0.25) is 0 Å². The highest BCUT2D eigenvalue weighted by Crippen LogP contribution is 2.18. The molecule has 1 rings (SSSR count). The van der Waals surface area contributed by atoms with E-state index in [0.717, 1.165) is 57.1 Å². The van der Waals surface area contributed by atoms with Gasteiger partial charge in [0.25, 0.3) is 0 Å². The lowest BCUT2D eigenvalue weighted by Gasteiger charge is -2.22. The first-order chi connectivity index (χ1) is 27.5. The van der Waals surface area contributed by atoms with Gasteiger partial charge in [0, 0.05) is 51.5 Å². The summed E-state index contributed by atoms with van der Waals surface area (Å²) >= 11 is 0. The van der Waals surface area contributed by atoms with E-state index in [9.17, 15) is 33.9 Å². The van der Waals surface area contributed by atoms with Crippen LogP contribution in [-0.2, 0) is 35.2 Å². The van der Waals surface area contributed by atoms with Crippen LogP contribution >= 0.6 is 0 Å². The summed E-state index contributed by atoms with van der Waals surface area (Å²) in [6, 6.07) is -2.49. The number of carbonyl (C=O) groups excluding carboxylic acids is 5. The number of amides is 2. The highest BCUT2D eigenvalue weighted by molar-refractivity contribution is 5.92. The standard InChI is InChI=1S/C42H75N7O8.H2/c1-2-3-21-35(47-29-39(53)34(43)26-33-27-45-31-49-33)37(51)25-32(38(52)28-48-36(30-50)42(44)57)20-18-19-24-46-40(54)22-16-14-12-10-8-6-4-5-7-9-11-13-15-17-23-41(55)56;/h27,31-32,34-36,47-48,50H,2-26,28-30,43H2,1H3,(H2,44,57)(H,45,49)(H,46,54)(H,55,56);1H/t32-,34+,35+,36+;/m1./s1. The van der Waals surface area contributed by atoms with Crippen LogP contribution in [0.5, 0.6) is 0 Å². The molecule has 0 radical (unpaired) electrons. The second-order valence-corrected chi connectivity index (χ2v) is 15.5. The van der Waals surface area contributed by atoms with Gasteiger partial charge >= 0.3 is 5.97 Å². The molecular weight excluding hydrogens is 731 g/mol. The van der Waals surface area contributed by atoms with Gasteiger partial charge in [-0.25, -0.2) is 4.98 Å². The summed E-state index contributed by atoms with van der Waals surface area (Å²) in [6.45, 7) is 1.58. The van der Waals surface area contributed by atoms with E-state index < -0.39 is 42.5 Å². The zero-order chi connectivity index (χ0) is 42.1. The number of H-pyrrole nitrogens is 1. The lowest BCUT2D eigenvalue weighted by atomic mass is 9.88. The Labute approximate surface area is 341 Å². The molecule has 1 heterocycles. The van der Waals surface area contributed by atoms with Gasteiger partial charge in [0.05, 0.1) is 38.1 Å². The van der Waals surface area contributed by atoms with Gasteiger partial charge in [0.1, 0.15) is 17.6 Å². The Balaban J connectivity index is 0.0000325. The Hall–Kier alpha value is -3.53. The topological polar surface area (TPSA) is 260 Å². The molecule has 0 bridgehead atoms. The number of primary amides is 1. The van der Waals surface area contributed by atoms with Crippen LogP contribution in [0.15, 0.2) is 12.5 Å². The van der Waals surface area contributed by atoms with Crippen LogP contribution in [0.25, 0.3) is 0 Å². The molecule has 15 heteroatoms. The van der Waals surface area contributed by atoms with E-state index in [1.165, 1.54) is 57.7 Å². The molecule has 0 aliphatic heterocycles. The fourth-order valence-corrected chi connectivity index (χ4v) is 6.79. The molecule has 0 aliphatic carbocycles. The number of unbranched alkanes of at least 4 members (excludes halogenated alkanes) is 15. The zero-order valence-electron chi connectivity index (χ0n) is 34.7. The molecule has 1 aromatic heterocycles. The molecule has 1 aromatic rings. The van der Waals surface area contributed by atoms with Crippen molar-refractivity contribution in [2.45, 2.75) is 179 Å². The van der Waals surface area contributed by atoms with Gasteiger partial charge in [-0.05, 0) is 32.1 Å². The summed E-state index contributed by atoms with van der Waals surface area (Å²) in [5, 5.41) is 26.9. The van der Waals surface area contributed by atoms with Crippen LogP contribution < -0.4 is 27.4 Å². The second-order valence-electron chi connectivity index (χ2n) is 15.5. The molecule has 328 valence electrons. The molecule has 0 saturated heterocycles. The van der Waals surface area contributed by atoms with E-state index in [1.807, 2.05) is 6.92 Å². The number of aliphatic carboxylic acids is 1. The predicted molar refractivity (Wildman–Crippen MR) is 223 cm³/mol. The van der Waals surface area contributed by atoms with Gasteiger partial charge in [0.2, 0.25) is 11.8 Å². The third-order valence-corrected chi connectivity index (χ3v) is 10.5. The lowest BCUT2D eigenvalue weighted by molar-refractivity contribution is -0.137. The third-order valence-electron chi connectivity index (χ3n) is 10.5. The fourth-order valence-electron chi connectivity index (χ4n) is 6.79. The number of aromatic nitrogens is 2. The van der Waals surface area contributed by atoms with Crippen molar-refractivity contribution in [3.05, 3.63) is 18.2 Å². The first kappa shape index (κ1) is 51.5. The molecule has 4 atom stereocenters. The number of imidazole rings is 1. The Morgan fingerprint density at radius 2 is 1.30 bits per heavy atom. The number of ketones is 3. The van der Waals surface area contributed by atoms with E-state index in [0.29, 0.717) is 45.1 Å². The molecule has 0 unspecified atom stereocenters. The minimum absolute atomic E-state index is 0. The molecule has 2 amide bonds. The smallest absolute Gasteiger partial charge is 0.303 e. The van der Waals surface area contributed by atoms with Crippen LogP contribution in [0.4, 0.5) is 0 Å². The summed E-state index contributed by atoms with van der Waals surface area (Å²) in [5.41, 5.74) is 12.1. The SMILES string of the molecule is CCCC[C@H](NCC(=O)[C@@H](N)Cc1cnc[nH]1)C(=O)C[C@@H](CCCCNC(=O)CCCCCCCCCCCCCCCCC(=O)O)C(=O)CN[C@@H](CO)C(N)=O.[HH]. The van der Waals surface area contributed by atoms with Gasteiger partial charge in [-0.1, -0.05) is 103 Å². The van der Waals surface area contributed by atoms with Gasteiger partial charge in [0.15, 0.2) is 5.78 Å². The van der Waals surface area contributed by atoms with Crippen molar-refractivity contribution in [3.63, 3.8) is 0 Å². The van der Waals surface area contributed by atoms with Crippen molar-refractivity contribution in [2.24, 2.45) is 17.4 Å². The van der Waals surface area contributed by atoms with Crippen LogP contribution in [0.1, 0.15) is 162 Å². The lowest BCUT2D eigenvalue weighted by Crippen LogP contribution is -2.47. The number of hydrogen-bond donors (Lipinski definition) is 8. The van der Waals surface area contributed by atoms with Gasteiger partial charge in [-0.2, -0.15) is 0 Å². The van der Waals surface area contributed by atoms with E-state index in [4.69, 9.17) is 16.6 Å². The maximum atomic E-state index is 13.6. The summed E-state index contributed by atoms with van der Waals surface area (Å²) < 4.78 is 0. The highest BCUT2D eigenvalue weighted by atomic mass is 16.4. The number of carboxylic acids is 1. The maximum absolute atomic E-state index is 13.6. The number of hydrogen-bond acceptors (Lipinski definition) is 11. The average molecular weight is 808 g/mol. The quantitative estimate of drug-likeness (QED) is 0.0429. The largest absolute Gasteiger partial charge is 0.481 e. The van der Waals surface area contributed by atoms with Gasteiger partial charge < -0.3 is 37.3 Å². The zero-order valence-corrected chi connectivity index (χ0v) is 34.7. The molecular formula is C42H77N7O8. The predicted octanol–water partition coefficient (Wildman–Crippen LogP) is 4.44. The number of carbonyl (C=O) groups is 6. The van der Waals surface area contributed by atoms with Gasteiger partial charge in [-0.3, -0.25) is 34.1 Å². The number of nitrogens with two attached hydrogens (primary N) is 2. The Bertz CT molecular complexity index is 1270. The van der Waals surface area contributed by atoms with E-state index >= 15 is 0 Å². The van der Waals surface area contributed by atoms with Crippen molar-refractivity contribution < 1.29 is 40.4 Å². The summed E-state index contributed by atoms with van der Waals surface area (Å²) in [7, 11) is 0. The number of carboxylic acid groups (broad SMARTS) is 1. The molecule has 10 N–H and O–H groups in total. The maximum Gasteiger partial charge on any atom is 0.303 e. The fraction of sp³-hybridized carbons (Fsp3) is 0.786. The van der Waals surface area contributed by atoms with Crippen molar-refractivity contribution in [1.82, 2.24) is 25.9 Å². The van der Waals surface area contributed by atoms with Crippen molar-refractivity contribution in [2.75, 3.05) is 26.2 Å². The number of rotatable bonds is 40. The minimum Gasteiger partial charge on any atom is -0.481 e. The number of nitrogens with zero attached hydrogens (tertiary/aromatic N) is 1. The monoisotopic (exact) mass is 808 g/mol. The first-order valence-corrected chi connectivity index (χ1v) is 21.6. The Kier molecular flexibility index (Phi) is 30.2. The van der Waals surface area contributed by atoms with Crippen LogP contribution in [0.3, 0.4) is 0 Å². The molecule has 0 fully saturated rings. The molecule has 0 spiro atoms. The second kappa shape index (κ2) is 33.4. The number of Topliss-reactive ketones (excluding diaryl/α,β-unsaturated/α-hetero) is 3. The summed E-state index contributed by atoms with van der Waals surface area (Å²) in [4.78, 5) is 81.2. The minimum atomic E-state index is -1.09. The number of nitrogens with one attached hydrogen (secondary N) is 4. The van der Waals surface area contributed by atoms with E-state index in [-0.39, 0.29) is 50.6 Å². The molecule has 15 nitrogen and oxygen atoms in total. The third kappa shape index (κ3) is 26.9. The molecule has 0 aliphatic rings. The van der Waals surface area contributed by atoms with E-state index in [2.05, 4.69) is 25.9 Å². The van der Waals surface area contributed by atoms with Crippen molar-refractivity contribution in [3.8, 4) is 0 Å². The number of aromatic amines is 1. The van der Waals surface area contributed by atoms with Crippen LogP contribution in [0, 0.1) is 5.92 Å². The normalized spacial score (nSPS) is 13.5. The Morgan fingerprint density at radius 3 is 1.82 bits per heavy atom. The first-order valence-electron chi connectivity index (χ1n) is 21.6. The molecule has 0 aromatic carbocycles. The summed E-state index contributed by atoms with van der Waals surface area (Å²) in [6.07, 6.45) is 23.6. The van der Waals surface area contributed by atoms with Gasteiger partial charge in [-0.15, -0.1) is 0 Å². The van der Waals surface area contributed by atoms with Crippen LogP contribution in [-0.4, -0.2) is 99.7 Å². The number of aliphatic hydroxyl groups excluding tert-OH is 1. The summed E-state index contributed by atoms with van der Waals surface area (Å²) in [5.74, 6) is -2.85. The molecule has 0 saturated carbocycles. The van der Waals surface area contributed by atoms with Crippen molar-refractivity contribution >= 4 is 35.1 Å². The average Bonchev–Trinajstić information content (AvgIpc) is 3.69. The van der Waals surface area contributed by atoms with Crippen molar-refractivity contribution in [1.29, 1.82) is 0 Å². The molecule has 57 heavy (non-hydrogen) atoms. The Morgan fingerprint density at radius 1 is 0.737 bits per heavy atom.